The monoisotopic (exact) mass is 417 g/mol. The first-order valence-electron chi connectivity index (χ1n) is 9.01. The number of hydrogen-bond donors (Lipinski definition) is 1. The fourth-order valence-corrected chi connectivity index (χ4v) is 3.07. The van der Waals surface area contributed by atoms with Crippen LogP contribution in [-0.2, 0) is 11.2 Å². The molecule has 1 aliphatic rings. The minimum absolute atomic E-state index is 0. The third-order valence-electron chi connectivity index (χ3n) is 4.21. The first-order chi connectivity index (χ1) is 13.9. The van der Waals surface area contributed by atoms with Crippen molar-refractivity contribution in [3.8, 4) is 11.5 Å². The summed E-state index contributed by atoms with van der Waals surface area (Å²) in [6.07, 6.45) is 2.75. The first kappa shape index (κ1) is 25.8. The van der Waals surface area contributed by atoms with E-state index in [4.69, 9.17) is 15.2 Å². The Labute approximate surface area is 194 Å². The Morgan fingerprint density at radius 3 is 2.27 bits per heavy atom. The molecule has 0 saturated carbocycles. The Kier molecular flexibility index (Phi) is 10.7. The van der Waals surface area contributed by atoms with Gasteiger partial charge in [-0.3, -0.25) is 0 Å². The summed E-state index contributed by atoms with van der Waals surface area (Å²) in [6.45, 7) is 3.79. The van der Waals surface area contributed by atoms with Gasteiger partial charge in [-0.15, -0.1) is 11.3 Å². The van der Waals surface area contributed by atoms with Crippen molar-refractivity contribution in [1.29, 1.82) is 0 Å². The summed E-state index contributed by atoms with van der Waals surface area (Å²) >= 11 is 1.34. The Bertz CT molecular complexity index is 901. The molecule has 8 heteroatoms. The van der Waals surface area contributed by atoms with E-state index in [1.807, 2.05) is 26.3 Å². The summed E-state index contributed by atoms with van der Waals surface area (Å²) in [5.74, 6) is 1.16. The van der Waals surface area contributed by atoms with Crippen LogP contribution >= 0.6 is 11.8 Å². The summed E-state index contributed by atoms with van der Waals surface area (Å²) < 4.78 is 10.7. The molecule has 1 atom stereocenters. The minimum atomic E-state index is -0.0648. The van der Waals surface area contributed by atoms with Crippen molar-refractivity contribution >= 4 is 34.6 Å². The molecule has 0 bridgehead atoms. The number of rotatable bonds is 6. The molecule has 3 rings (SSSR count). The molecular formula is C22H24LiN3O3S-2. The fourth-order valence-electron chi connectivity index (χ4n) is 2.62. The molecule has 30 heavy (non-hydrogen) atoms. The van der Waals surface area contributed by atoms with Gasteiger partial charge in [-0.05, 0) is 35.4 Å². The predicted octanol–water partition coefficient (Wildman–Crippen LogP) is 1.02. The van der Waals surface area contributed by atoms with Gasteiger partial charge in [0.05, 0.1) is 20.1 Å². The molecule has 0 fully saturated rings. The number of nitrogen functional groups attached to an aromatic ring is 1. The summed E-state index contributed by atoms with van der Waals surface area (Å²) in [6, 6.07) is 10.8. The average Bonchev–Trinajstić information content (AvgIpc) is 3.11. The van der Waals surface area contributed by atoms with Gasteiger partial charge in [0, 0.05) is 10.9 Å². The van der Waals surface area contributed by atoms with Crippen molar-refractivity contribution in [3.63, 3.8) is 0 Å². The van der Waals surface area contributed by atoms with Crippen molar-refractivity contribution in [2.45, 2.75) is 25.5 Å². The molecule has 0 aromatic heterocycles. The molecule has 0 saturated heterocycles. The molecule has 2 aromatic rings. The molecule has 1 heterocycles. The van der Waals surface area contributed by atoms with E-state index in [1.165, 1.54) is 11.8 Å². The molecule has 1 unspecified atom stereocenters. The molecular weight excluding hydrogens is 393 g/mol. The van der Waals surface area contributed by atoms with Crippen LogP contribution in [0.1, 0.15) is 30.5 Å². The van der Waals surface area contributed by atoms with Gasteiger partial charge in [0.25, 0.3) is 0 Å². The van der Waals surface area contributed by atoms with Crippen LogP contribution in [0.15, 0.2) is 41.4 Å². The largest absolute Gasteiger partial charge is 1.00 e. The quantitative estimate of drug-likeness (QED) is 0.328. The number of aliphatic imine (C=N–C) groups is 1. The van der Waals surface area contributed by atoms with Gasteiger partial charge in [0.1, 0.15) is 0 Å². The maximum atomic E-state index is 10.6. The smallest absolute Gasteiger partial charge is 0.803 e. The molecule has 2 aromatic carbocycles. The normalized spacial score (nSPS) is 14.4. The zero-order valence-corrected chi connectivity index (χ0v) is 18.7. The molecule has 6 nitrogen and oxygen atoms in total. The number of nitrogens with zero attached hydrogens (tertiary/aromatic N) is 2. The van der Waals surface area contributed by atoms with E-state index < -0.39 is 0 Å². The molecule has 1 amide bonds. The van der Waals surface area contributed by atoms with Crippen molar-refractivity contribution in [1.82, 2.24) is 0 Å². The van der Waals surface area contributed by atoms with Crippen LogP contribution in [0.3, 0.4) is 0 Å². The van der Waals surface area contributed by atoms with Gasteiger partial charge in [0.15, 0.2) is 11.5 Å². The SMILES string of the molecule is CC1S[C-]=NC1=O.C[CH-]Cc1cc(OC)c(OC)cc1C(=[N-])c1ccc(N)cc1.[Li+]. The van der Waals surface area contributed by atoms with Gasteiger partial charge >= 0.3 is 18.9 Å². The summed E-state index contributed by atoms with van der Waals surface area (Å²) in [5, 5.41) is 10.7. The number of hydrogen-bond acceptors (Lipinski definition) is 5. The number of ether oxygens (including phenoxy) is 2. The Morgan fingerprint density at radius 1 is 1.23 bits per heavy atom. The van der Waals surface area contributed by atoms with Crippen molar-refractivity contribution in [2.75, 3.05) is 20.0 Å². The maximum absolute atomic E-state index is 10.6. The van der Waals surface area contributed by atoms with E-state index in [9.17, 15) is 10.2 Å². The van der Waals surface area contributed by atoms with Crippen LogP contribution in [0.2, 0.25) is 0 Å². The Hall–Kier alpha value is -2.20. The maximum Gasteiger partial charge on any atom is 1.00 e. The van der Waals surface area contributed by atoms with E-state index in [2.05, 4.69) is 10.5 Å². The van der Waals surface area contributed by atoms with Gasteiger partial charge in [0.2, 0.25) is 0 Å². The number of thioether (sulfide) groups is 1. The van der Waals surface area contributed by atoms with E-state index in [-0.39, 0.29) is 35.7 Å². The average molecular weight is 417 g/mol. The molecule has 2 N–H and O–H groups in total. The van der Waals surface area contributed by atoms with Gasteiger partial charge < -0.3 is 36.8 Å². The number of carbonyl (C=O) groups excluding carboxylic acids is 1. The Balaban J connectivity index is 0.000000477. The first-order valence-corrected chi connectivity index (χ1v) is 9.89. The number of nitrogens with two attached hydrogens (primary N) is 1. The number of carbonyl (C=O) groups is 1. The van der Waals surface area contributed by atoms with Gasteiger partial charge in [-0.1, -0.05) is 24.6 Å². The number of methoxy groups -OCH3 is 2. The van der Waals surface area contributed by atoms with Gasteiger partial charge in [-0.25, -0.2) is 11.8 Å². The van der Waals surface area contributed by atoms with E-state index in [0.717, 1.165) is 11.1 Å². The van der Waals surface area contributed by atoms with Crippen molar-refractivity contribution in [2.24, 2.45) is 4.99 Å². The second-order valence-corrected chi connectivity index (χ2v) is 7.37. The second-order valence-electron chi connectivity index (χ2n) is 6.25. The van der Waals surface area contributed by atoms with Gasteiger partial charge in [-0.2, -0.15) is 13.3 Å². The molecule has 154 valence electrons. The topological polar surface area (TPSA) is 96.2 Å². The number of anilines is 1. The van der Waals surface area contributed by atoms with Crippen LogP contribution in [0.25, 0.3) is 5.41 Å². The third kappa shape index (κ3) is 6.66. The molecule has 1 aliphatic heterocycles. The summed E-state index contributed by atoms with van der Waals surface area (Å²) in [5.41, 5.74) is 11.5. The second kappa shape index (κ2) is 12.5. The standard InChI is InChI=1S/C18H20N2O2.C4H4NOS.Li/c1-4-5-13-10-16(21-2)17(22-3)11-15(13)18(20)12-6-8-14(19)9-7-12;1-3-4(6)5-2-7-3;/h4,6-11H,5,19H2,1-3H3;3H,1H3;/q-2;-1;+1. The Morgan fingerprint density at radius 2 is 1.83 bits per heavy atom. The van der Waals surface area contributed by atoms with Crippen LogP contribution in [0.4, 0.5) is 5.69 Å². The van der Waals surface area contributed by atoms with E-state index >= 15 is 0 Å². The summed E-state index contributed by atoms with van der Waals surface area (Å²) in [4.78, 5) is 13.7. The zero-order valence-electron chi connectivity index (χ0n) is 17.9. The fraction of sp³-hybridized carbons (Fsp3) is 0.273. The third-order valence-corrected chi connectivity index (χ3v) is 4.96. The molecule has 0 spiro atoms. The zero-order chi connectivity index (χ0) is 21.4. The van der Waals surface area contributed by atoms with E-state index in [1.54, 1.807) is 44.6 Å². The van der Waals surface area contributed by atoms with Crippen molar-refractivity contribution in [3.05, 3.63) is 64.9 Å². The molecule has 0 radical (unpaired) electrons. The predicted molar refractivity (Wildman–Crippen MR) is 120 cm³/mol. The van der Waals surface area contributed by atoms with Crippen LogP contribution < -0.4 is 34.1 Å². The number of amides is 1. The van der Waals surface area contributed by atoms with Crippen molar-refractivity contribution < 1.29 is 33.1 Å². The molecule has 0 aliphatic carbocycles. The van der Waals surface area contributed by atoms with Crippen LogP contribution in [0.5, 0.6) is 11.5 Å². The minimum Gasteiger partial charge on any atom is -0.803 e. The van der Waals surface area contributed by atoms with E-state index in [0.29, 0.717) is 29.2 Å². The van der Waals surface area contributed by atoms with Crippen LogP contribution in [0, 0.1) is 6.42 Å². The van der Waals surface area contributed by atoms with Crippen LogP contribution in [-0.4, -0.2) is 36.6 Å². The number of benzene rings is 2. The summed E-state index contributed by atoms with van der Waals surface area (Å²) in [7, 11) is 3.17.